The molecule has 1 aliphatic heterocycles. The molecule has 1 amide bonds. The molecule has 1 heterocycles. The molecule has 0 spiro atoms. The van der Waals surface area contributed by atoms with Crippen LogP contribution in [0.3, 0.4) is 0 Å². The van der Waals surface area contributed by atoms with Crippen LogP contribution < -0.4 is 19.1 Å². The standard InChI is InChI=1S/C20H24FN3O5S/c1-14(15-8-9-18-19(12-15)29-11-10-28-18)22-20(25)13-24(30(26,27)23(2)3)17-7-5-4-6-16(17)21/h4-9,12,14H,10-11,13H2,1-3H3,(H,22,25). The van der Waals surface area contributed by atoms with Gasteiger partial charge >= 0.3 is 10.2 Å². The van der Waals surface area contributed by atoms with Crippen molar-refractivity contribution < 1.29 is 27.1 Å². The van der Waals surface area contributed by atoms with Gasteiger partial charge in [0.2, 0.25) is 5.91 Å². The van der Waals surface area contributed by atoms with E-state index in [1.165, 1.54) is 32.3 Å². The van der Waals surface area contributed by atoms with Gasteiger partial charge in [-0.25, -0.2) is 8.70 Å². The van der Waals surface area contributed by atoms with Crippen molar-refractivity contribution in [1.29, 1.82) is 0 Å². The maximum absolute atomic E-state index is 14.3. The molecule has 0 saturated heterocycles. The topological polar surface area (TPSA) is 88.2 Å². The van der Waals surface area contributed by atoms with E-state index in [0.29, 0.717) is 24.7 Å². The molecule has 1 aliphatic rings. The average molecular weight is 437 g/mol. The number of hydrogen-bond donors (Lipinski definition) is 1. The number of nitrogens with one attached hydrogen (secondary N) is 1. The Labute approximate surface area is 175 Å². The molecule has 0 aromatic heterocycles. The summed E-state index contributed by atoms with van der Waals surface area (Å²) in [6.45, 7) is 2.11. The molecule has 8 nitrogen and oxygen atoms in total. The fraction of sp³-hybridized carbons (Fsp3) is 0.350. The first-order chi connectivity index (χ1) is 14.2. The number of carbonyl (C=O) groups is 1. The van der Waals surface area contributed by atoms with E-state index in [4.69, 9.17) is 9.47 Å². The minimum atomic E-state index is -4.09. The minimum Gasteiger partial charge on any atom is -0.486 e. The summed E-state index contributed by atoms with van der Waals surface area (Å²) in [7, 11) is -1.46. The number of rotatable bonds is 7. The Bertz CT molecular complexity index is 1030. The van der Waals surface area contributed by atoms with E-state index in [9.17, 15) is 17.6 Å². The van der Waals surface area contributed by atoms with E-state index in [-0.39, 0.29) is 5.69 Å². The van der Waals surface area contributed by atoms with Gasteiger partial charge in [-0.3, -0.25) is 4.79 Å². The summed E-state index contributed by atoms with van der Waals surface area (Å²) in [5.74, 6) is -0.101. The summed E-state index contributed by atoms with van der Waals surface area (Å²) < 4.78 is 52.4. The Balaban J connectivity index is 1.78. The number of amides is 1. The van der Waals surface area contributed by atoms with Gasteiger partial charge in [-0.1, -0.05) is 18.2 Å². The maximum atomic E-state index is 14.3. The lowest BCUT2D eigenvalue weighted by Crippen LogP contribution is -2.46. The third-order valence-electron chi connectivity index (χ3n) is 4.59. The number of fused-ring (bicyclic) bond motifs is 1. The summed E-state index contributed by atoms with van der Waals surface area (Å²) in [6.07, 6.45) is 0. The second kappa shape index (κ2) is 8.88. The fourth-order valence-corrected chi connectivity index (χ4v) is 4.04. The molecule has 2 aromatic rings. The molecule has 0 saturated carbocycles. The van der Waals surface area contributed by atoms with Crippen molar-refractivity contribution in [3.05, 3.63) is 53.8 Å². The van der Waals surface area contributed by atoms with Crippen molar-refractivity contribution in [1.82, 2.24) is 9.62 Å². The van der Waals surface area contributed by atoms with Crippen LogP contribution in [0.1, 0.15) is 18.5 Å². The third-order valence-corrected chi connectivity index (χ3v) is 6.40. The highest BCUT2D eigenvalue weighted by Crippen LogP contribution is 2.32. The van der Waals surface area contributed by atoms with Gasteiger partial charge in [0, 0.05) is 14.1 Å². The van der Waals surface area contributed by atoms with Crippen molar-refractivity contribution in [2.45, 2.75) is 13.0 Å². The number of hydrogen-bond acceptors (Lipinski definition) is 5. The second-order valence-electron chi connectivity index (χ2n) is 6.94. The molecule has 3 rings (SSSR count). The average Bonchev–Trinajstić information content (AvgIpc) is 2.72. The van der Waals surface area contributed by atoms with Crippen LogP contribution in [0.4, 0.5) is 10.1 Å². The minimum absolute atomic E-state index is 0.201. The summed E-state index contributed by atoms with van der Waals surface area (Å²) in [4.78, 5) is 12.7. The summed E-state index contributed by atoms with van der Waals surface area (Å²) in [5.41, 5.74) is 0.564. The van der Waals surface area contributed by atoms with Crippen LogP contribution in [0.2, 0.25) is 0 Å². The largest absolute Gasteiger partial charge is 0.486 e. The molecule has 1 N–H and O–H groups in total. The van der Waals surface area contributed by atoms with Crippen LogP contribution >= 0.6 is 0 Å². The molecule has 0 radical (unpaired) electrons. The molecule has 2 aromatic carbocycles. The smallest absolute Gasteiger partial charge is 0.304 e. The lowest BCUT2D eigenvalue weighted by atomic mass is 10.1. The zero-order chi connectivity index (χ0) is 21.9. The van der Waals surface area contributed by atoms with Gasteiger partial charge in [-0.2, -0.15) is 12.7 Å². The number of halogens is 1. The van der Waals surface area contributed by atoms with Crippen molar-refractivity contribution >= 4 is 21.8 Å². The molecule has 0 bridgehead atoms. The van der Waals surface area contributed by atoms with E-state index in [2.05, 4.69) is 5.32 Å². The molecular weight excluding hydrogens is 413 g/mol. The van der Waals surface area contributed by atoms with Crippen molar-refractivity contribution in [3.63, 3.8) is 0 Å². The van der Waals surface area contributed by atoms with Gasteiger partial charge < -0.3 is 14.8 Å². The van der Waals surface area contributed by atoms with Gasteiger partial charge in [-0.05, 0) is 36.8 Å². The first-order valence-corrected chi connectivity index (χ1v) is 10.7. The van der Waals surface area contributed by atoms with Crippen LogP contribution in [0.25, 0.3) is 0 Å². The van der Waals surface area contributed by atoms with Gasteiger partial charge in [0.05, 0.1) is 11.7 Å². The number of nitrogens with zero attached hydrogens (tertiary/aromatic N) is 2. The van der Waals surface area contributed by atoms with Crippen molar-refractivity contribution in [2.75, 3.05) is 38.2 Å². The predicted octanol–water partition coefficient (Wildman–Crippen LogP) is 2.09. The Morgan fingerprint density at radius 1 is 1.13 bits per heavy atom. The van der Waals surface area contributed by atoms with E-state index in [1.54, 1.807) is 25.1 Å². The maximum Gasteiger partial charge on any atom is 0.304 e. The molecule has 1 atom stereocenters. The normalized spacial score (nSPS) is 14.3. The Morgan fingerprint density at radius 3 is 2.47 bits per heavy atom. The van der Waals surface area contributed by atoms with E-state index in [0.717, 1.165) is 20.2 Å². The van der Waals surface area contributed by atoms with Gasteiger partial charge in [0.25, 0.3) is 0 Å². The molecule has 0 aliphatic carbocycles. The lowest BCUT2D eigenvalue weighted by Gasteiger charge is -2.28. The first-order valence-electron chi connectivity index (χ1n) is 9.34. The van der Waals surface area contributed by atoms with E-state index in [1.807, 2.05) is 0 Å². The lowest BCUT2D eigenvalue weighted by molar-refractivity contribution is -0.120. The second-order valence-corrected chi connectivity index (χ2v) is 9.01. The van der Waals surface area contributed by atoms with Crippen molar-refractivity contribution in [2.24, 2.45) is 0 Å². The number of carbonyl (C=O) groups excluding carboxylic acids is 1. The third kappa shape index (κ3) is 4.65. The zero-order valence-electron chi connectivity index (χ0n) is 17.0. The highest BCUT2D eigenvalue weighted by molar-refractivity contribution is 7.90. The number of anilines is 1. The van der Waals surface area contributed by atoms with Crippen LogP contribution in [-0.4, -0.2) is 52.5 Å². The van der Waals surface area contributed by atoms with Gasteiger partial charge in [-0.15, -0.1) is 0 Å². The highest BCUT2D eigenvalue weighted by atomic mass is 32.2. The highest BCUT2D eigenvalue weighted by Gasteiger charge is 2.29. The van der Waals surface area contributed by atoms with Crippen LogP contribution in [0.15, 0.2) is 42.5 Å². The first kappa shape index (κ1) is 21.8. The number of benzene rings is 2. The number of ether oxygens (including phenoxy) is 2. The monoisotopic (exact) mass is 437 g/mol. The molecule has 0 fully saturated rings. The van der Waals surface area contributed by atoms with Crippen LogP contribution in [0.5, 0.6) is 11.5 Å². The quantitative estimate of drug-likeness (QED) is 0.717. The number of para-hydroxylation sites is 1. The predicted molar refractivity (Wildman–Crippen MR) is 110 cm³/mol. The van der Waals surface area contributed by atoms with E-state index < -0.39 is 34.5 Å². The van der Waals surface area contributed by atoms with Crippen molar-refractivity contribution in [3.8, 4) is 11.5 Å². The Hall–Kier alpha value is -2.85. The van der Waals surface area contributed by atoms with Gasteiger partial charge in [0.1, 0.15) is 25.6 Å². The molecule has 1 unspecified atom stereocenters. The van der Waals surface area contributed by atoms with E-state index >= 15 is 0 Å². The molecular formula is C20H24FN3O5S. The fourth-order valence-electron chi connectivity index (χ4n) is 2.97. The Kier molecular flexibility index (Phi) is 6.47. The zero-order valence-corrected chi connectivity index (χ0v) is 17.8. The van der Waals surface area contributed by atoms with Crippen LogP contribution in [0, 0.1) is 5.82 Å². The molecule has 10 heteroatoms. The molecule has 30 heavy (non-hydrogen) atoms. The van der Waals surface area contributed by atoms with Crippen LogP contribution in [-0.2, 0) is 15.0 Å². The van der Waals surface area contributed by atoms with Gasteiger partial charge in [0.15, 0.2) is 11.5 Å². The summed E-state index contributed by atoms with van der Waals surface area (Å²) in [6, 6.07) is 10.3. The SMILES string of the molecule is CC(NC(=O)CN(c1ccccc1F)S(=O)(=O)N(C)C)c1ccc2c(c1)OCCO2. The summed E-state index contributed by atoms with van der Waals surface area (Å²) >= 11 is 0. The Morgan fingerprint density at radius 2 is 1.80 bits per heavy atom. The summed E-state index contributed by atoms with van der Waals surface area (Å²) in [5, 5.41) is 2.75. The molecule has 162 valence electrons.